The molecule has 0 spiro atoms. The molecule has 1 amide bonds. The molecular formula is C9H9N3O. The van der Waals surface area contributed by atoms with Crippen LogP contribution < -0.4 is 5.73 Å². The van der Waals surface area contributed by atoms with Gasteiger partial charge in [0.2, 0.25) is 5.91 Å². The number of nitriles is 1. The first-order chi connectivity index (χ1) is 6.22. The summed E-state index contributed by atoms with van der Waals surface area (Å²) in [5.41, 5.74) is 5.38. The van der Waals surface area contributed by atoms with Gasteiger partial charge >= 0.3 is 0 Å². The fraction of sp³-hybridized carbons (Fsp3) is 0. The molecule has 66 valence electrons. The Balaban J connectivity index is 0.000000310. The number of pyridine rings is 1. The van der Waals surface area contributed by atoms with Crippen molar-refractivity contribution >= 4 is 5.91 Å². The number of nitrogens with zero attached hydrogens (tertiary/aromatic N) is 2. The first-order valence-corrected chi connectivity index (χ1v) is 3.42. The lowest BCUT2D eigenvalue weighted by Gasteiger charge is -1.88. The summed E-state index contributed by atoms with van der Waals surface area (Å²) in [6, 6.07) is 4.98. The number of amides is 1. The van der Waals surface area contributed by atoms with E-state index in [1.54, 1.807) is 24.4 Å². The predicted molar refractivity (Wildman–Crippen MR) is 48.6 cm³/mol. The lowest BCUT2D eigenvalue weighted by molar-refractivity contribution is 0.1000. The van der Waals surface area contributed by atoms with E-state index in [1.807, 2.05) is 0 Å². The van der Waals surface area contributed by atoms with Gasteiger partial charge in [-0.3, -0.25) is 9.78 Å². The fourth-order valence-electron chi connectivity index (χ4n) is 0.509. The van der Waals surface area contributed by atoms with Crippen molar-refractivity contribution in [1.82, 2.24) is 4.98 Å². The molecule has 13 heavy (non-hydrogen) atoms. The van der Waals surface area contributed by atoms with Crippen LogP contribution in [0, 0.1) is 11.3 Å². The third-order valence-corrected chi connectivity index (χ3v) is 1.04. The van der Waals surface area contributed by atoms with Crippen LogP contribution in [0.15, 0.2) is 37.2 Å². The highest BCUT2D eigenvalue weighted by Crippen LogP contribution is 1.91. The standard InChI is InChI=1S/C6H6N2O.C3H3N/c7-6(9)5-2-1-3-8-4-5;1-2-3-4/h1-4H,(H2,7,9);2H,1H2. The maximum atomic E-state index is 10.4. The Kier molecular flexibility index (Phi) is 5.47. The van der Waals surface area contributed by atoms with Crippen molar-refractivity contribution in [1.29, 1.82) is 5.26 Å². The minimum atomic E-state index is -0.442. The molecule has 1 aromatic heterocycles. The van der Waals surface area contributed by atoms with Crippen LogP contribution in [0.2, 0.25) is 0 Å². The van der Waals surface area contributed by atoms with E-state index in [1.165, 1.54) is 12.3 Å². The van der Waals surface area contributed by atoms with Crippen molar-refractivity contribution in [3.63, 3.8) is 0 Å². The van der Waals surface area contributed by atoms with Gasteiger partial charge in [0.15, 0.2) is 0 Å². The first-order valence-electron chi connectivity index (χ1n) is 3.42. The molecule has 0 radical (unpaired) electrons. The molecule has 0 saturated heterocycles. The second-order valence-corrected chi connectivity index (χ2v) is 1.94. The molecule has 4 nitrogen and oxygen atoms in total. The molecule has 1 rings (SSSR count). The van der Waals surface area contributed by atoms with Crippen LogP contribution in [0.4, 0.5) is 0 Å². The quantitative estimate of drug-likeness (QED) is 0.643. The molecule has 1 aromatic rings. The van der Waals surface area contributed by atoms with Gasteiger partial charge in [-0.1, -0.05) is 6.58 Å². The van der Waals surface area contributed by atoms with E-state index in [2.05, 4.69) is 11.6 Å². The molecule has 0 atom stereocenters. The Morgan fingerprint density at radius 3 is 2.62 bits per heavy atom. The number of aromatic nitrogens is 1. The number of primary amides is 1. The summed E-state index contributed by atoms with van der Waals surface area (Å²) in [7, 11) is 0. The summed E-state index contributed by atoms with van der Waals surface area (Å²) in [5, 5.41) is 7.51. The maximum absolute atomic E-state index is 10.4. The van der Waals surface area contributed by atoms with E-state index < -0.39 is 5.91 Å². The van der Waals surface area contributed by atoms with Crippen LogP contribution in [0.5, 0.6) is 0 Å². The Labute approximate surface area is 76.3 Å². The normalized spacial score (nSPS) is 7.31. The number of hydrogen-bond acceptors (Lipinski definition) is 3. The Morgan fingerprint density at radius 2 is 2.38 bits per heavy atom. The summed E-state index contributed by atoms with van der Waals surface area (Å²) < 4.78 is 0. The molecule has 0 unspecified atom stereocenters. The van der Waals surface area contributed by atoms with Crippen LogP contribution in [0.1, 0.15) is 10.4 Å². The third-order valence-electron chi connectivity index (χ3n) is 1.04. The van der Waals surface area contributed by atoms with Crippen LogP contribution >= 0.6 is 0 Å². The summed E-state index contributed by atoms with van der Waals surface area (Å²) >= 11 is 0. The molecule has 0 aliphatic rings. The van der Waals surface area contributed by atoms with Crippen molar-refractivity contribution < 1.29 is 4.79 Å². The monoisotopic (exact) mass is 175 g/mol. The maximum Gasteiger partial charge on any atom is 0.250 e. The number of carbonyl (C=O) groups excluding carboxylic acids is 1. The lowest BCUT2D eigenvalue weighted by atomic mass is 10.3. The van der Waals surface area contributed by atoms with Gasteiger partial charge in [0, 0.05) is 18.5 Å². The van der Waals surface area contributed by atoms with Crippen LogP contribution in [0.25, 0.3) is 0 Å². The average Bonchev–Trinajstić information content (AvgIpc) is 2.19. The van der Waals surface area contributed by atoms with Crippen LogP contribution in [-0.4, -0.2) is 10.9 Å². The largest absolute Gasteiger partial charge is 0.366 e. The summed E-state index contributed by atoms with van der Waals surface area (Å²) in [4.78, 5) is 14.1. The van der Waals surface area contributed by atoms with Crippen molar-refractivity contribution in [3.8, 4) is 6.07 Å². The van der Waals surface area contributed by atoms with Gasteiger partial charge < -0.3 is 5.73 Å². The second kappa shape index (κ2) is 6.55. The van der Waals surface area contributed by atoms with Crippen molar-refractivity contribution in [2.75, 3.05) is 0 Å². The zero-order valence-corrected chi connectivity index (χ0v) is 6.97. The van der Waals surface area contributed by atoms with E-state index in [4.69, 9.17) is 11.0 Å². The summed E-state index contributed by atoms with van der Waals surface area (Å²) in [6.45, 7) is 3.12. The topological polar surface area (TPSA) is 79.8 Å². The first kappa shape index (κ1) is 10.8. The fourth-order valence-corrected chi connectivity index (χ4v) is 0.509. The zero-order valence-electron chi connectivity index (χ0n) is 6.97. The third kappa shape index (κ3) is 5.16. The number of carbonyl (C=O) groups is 1. The van der Waals surface area contributed by atoms with Crippen molar-refractivity contribution in [2.24, 2.45) is 5.73 Å². The SMILES string of the molecule is C=CC#N.NC(=O)c1cccnc1. The van der Waals surface area contributed by atoms with Gasteiger partial charge in [-0.2, -0.15) is 5.26 Å². The van der Waals surface area contributed by atoms with Crippen LogP contribution in [-0.2, 0) is 0 Å². The van der Waals surface area contributed by atoms with Gasteiger partial charge in [0.25, 0.3) is 0 Å². The minimum Gasteiger partial charge on any atom is -0.366 e. The van der Waals surface area contributed by atoms with Gasteiger partial charge in [-0.25, -0.2) is 0 Å². The Bertz CT molecular complexity index is 313. The van der Waals surface area contributed by atoms with E-state index in [0.717, 1.165) is 0 Å². The van der Waals surface area contributed by atoms with E-state index >= 15 is 0 Å². The van der Waals surface area contributed by atoms with Gasteiger partial charge in [-0.05, 0) is 12.1 Å². The predicted octanol–water partition coefficient (Wildman–Crippen LogP) is 0.876. The zero-order chi connectivity index (χ0) is 10.1. The van der Waals surface area contributed by atoms with Gasteiger partial charge in [0.1, 0.15) is 0 Å². The Hall–Kier alpha value is -2.15. The molecule has 0 aliphatic heterocycles. The molecule has 0 aliphatic carbocycles. The van der Waals surface area contributed by atoms with Crippen molar-refractivity contribution in [2.45, 2.75) is 0 Å². The summed E-state index contributed by atoms with van der Waals surface area (Å²) in [5.74, 6) is -0.442. The molecule has 2 N–H and O–H groups in total. The number of nitrogens with two attached hydrogens (primary N) is 1. The number of hydrogen-bond donors (Lipinski definition) is 1. The highest BCUT2D eigenvalue weighted by atomic mass is 16.1. The molecule has 0 saturated carbocycles. The number of allylic oxidation sites excluding steroid dienone is 1. The minimum absolute atomic E-state index is 0.442. The molecule has 0 aromatic carbocycles. The molecule has 0 bridgehead atoms. The second-order valence-electron chi connectivity index (χ2n) is 1.94. The number of rotatable bonds is 1. The highest BCUT2D eigenvalue weighted by Gasteiger charge is 1.94. The smallest absolute Gasteiger partial charge is 0.250 e. The van der Waals surface area contributed by atoms with E-state index in [-0.39, 0.29) is 0 Å². The lowest BCUT2D eigenvalue weighted by Crippen LogP contribution is -2.10. The molecule has 0 fully saturated rings. The van der Waals surface area contributed by atoms with Gasteiger partial charge in [0.05, 0.1) is 11.6 Å². The molecule has 1 heterocycles. The van der Waals surface area contributed by atoms with Gasteiger partial charge in [-0.15, -0.1) is 0 Å². The summed E-state index contributed by atoms with van der Waals surface area (Å²) in [6.07, 6.45) is 4.20. The van der Waals surface area contributed by atoms with Crippen LogP contribution in [0.3, 0.4) is 0 Å². The molecular weight excluding hydrogens is 166 g/mol. The van der Waals surface area contributed by atoms with E-state index in [9.17, 15) is 4.79 Å². The highest BCUT2D eigenvalue weighted by molar-refractivity contribution is 5.92. The molecule has 4 heteroatoms. The average molecular weight is 175 g/mol. The Morgan fingerprint density at radius 1 is 1.77 bits per heavy atom. The van der Waals surface area contributed by atoms with Crippen molar-refractivity contribution in [3.05, 3.63) is 42.7 Å². The van der Waals surface area contributed by atoms with E-state index in [0.29, 0.717) is 5.56 Å².